The summed E-state index contributed by atoms with van der Waals surface area (Å²) in [6, 6.07) is 18.6. The molecular weight excluding hydrogens is 341 g/mol. The van der Waals surface area contributed by atoms with Crippen LogP contribution in [0.1, 0.15) is 22.5 Å². The van der Waals surface area contributed by atoms with Crippen LogP contribution in [0.5, 0.6) is 0 Å². The highest BCUT2D eigenvalue weighted by atomic mass is 35.5. The Bertz CT molecular complexity index is 877. The SMILES string of the molecule is Cc1ncc2c(n1)-c1ccccc1C(c1ccccc1)=NC2.Cl.Cl. The lowest BCUT2D eigenvalue weighted by atomic mass is 9.95. The summed E-state index contributed by atoms with van der Waals surface area (Å²) in [4.78, 5) is 13.8. The monoisotopic (exact) mass is 357 g/mol. The average Bonchev–Trinajstić information content (AvgIpc) is 2.73. The molecule has 122 valence electrons. The number of nitrogens with zero attached hydrogens (tertiary/aromatic N) is 3. The Kier molecular flexibility index (Phi) is 5.71. The molecule has 2 aromatic carbocycles. The molecule has 4 rings (SSSR count). The van der Waals surface area contributed by atoms with E-state index in [2.05, 4.69) is 40.3 Å². The number of aryl methyl sites for hydroxylation is 1. The van der Waals surface area contributed by atoms with Crippen LogP contribution in [0.15, 0.2) is 65.8 Å². The first kappa shape index (κ1) is 18.1. The highest BCUT2D eigenvalue weighted by Gasteiger charge is 2.19. The first-order valence-electron chi connectivity index (χ1n) is 7.35. The van der Waals surface area contributed by atoms with Crippen LogP contribution in [0.2, 0.25) is 0 Å². The third-order valence-corrected chi connectivity index (χ3v) is 3.88. The molecule has 3 nitrogen and oxygen atoms in total. The maximum atomic E-state index is 4.84. The van der Waals surface area contributed by atoms with Gasteiger partial charge in [-0.3, -0.25) is 4.99 Å². The van der Waals surface area contributed by atoms with E-state index in [1.165, 1.54) is 0 Å². The molecule has 5 heteroatoms. The molecule has 0 N–H and O–H groups in total. The van der Waals surface area contributed by atoms with E-state index in [4.69, 9.17) is 4.99 Å². The third-order valence-electron chi connectivity index (χ3n) is 3.88. The molecule has 0 saturated heterocycles. The van der Waals surface area contributed by atoms with Crippen molar-refractivity contribution in [1.29, 1.82) is 0 Å². The number of aromatic nitrogens is 2. The van der Waals surface area contributed by atoms with E-state index in [1.807, 2.05) is 37.4 Å². The summed E-state index contributed by atoms with van der Waals surface area (Å²) in [6.07, 6.45) is 1.89. The van der Waals surface area contributed by atoms with Crippen LogP contribution in [0.25, 0.3) is 11.3 Å². The van der Waals surface area contributed by atoms with E-state index in [-0.39, 0.29) is 24.8 Å². The Morgan fingerprint density at radius 2 is 1.50 bits per heavy atom. The maximum Gasteiger partial charge on any atom is 0.125 e. The zero-order valence-electron chi connectivity index (χ0n) is 13.1. The number of hydrogen-bond donors (Lipinski definition) is 0. The van der Waals surface area contributed by atoms with Gasteiger partial charge in [-0.2, -0.15) is 0 Å². The molecule has 0 amide bonds. The fourth-order valence-corrected chi connectivity index (χ4v) is 2.83. The molecule has 2 heterocycles. The second kappa shape index (κ2) is 7.56. The number of aliphatic imine (C=N–C) groups is 1. The third kappa shape index (κ3) is 3.18. The molecule has 0 spiro atoms. The number of fused-ring (bicyclic) bond motifs is 3. The van der Waals surface area contributed by atoms with Gasteiger partial charge in [0.2, 0.25) is 0 Å². The van der Waals surface area contributed by atoms with Gasteiger partial charge in [0.1, 0.15) is 5.82 Å². The van der Waals surface area contributed by atoms with Crippen LogP contribution in [-0.4, -0.2) is 15.7 Å². The second-order valence-electron chi connectivity index (χ2n) is 5.37. The molecule has 1 aliphatic heterocycles. The molecule has 0 unspecified atom stereocenters. The minimum absolute atomic E-state index is 0. The van der Waals surface area contributed by atoms with Gasteiger partial charge in [-0.15, -0.1) is 24.8 Å². The molecule has 3 aromatic rings. The van der Waals surface area contributed by atoms with Crippen LogP contribution in [0, 0.1) is 6.92 Å². The number of benzene rings is 2. The zero-order chi connectivity index (χ0) is 14.9. The van der Waals surface area contributed by atoms with Crippen molar-refractivity contribution in [3.63, 3.8) is 0 Å². The molecule has 24 heavy (non-hydrogen) atoms. The summed E-state index contributed by atoms with van der Waals surface area (Å²) in [6.45, 7) is 2.53. The summed E-state index contributed by atoms with van der Waals surface area (Å²) >= 11 is 0. The highest BCUT2D eigenvalue weighted by molar-refractivity contribution is 6.16. The standard InChI is InChI=1S/C19H15N3.2ClH/c1-13-20-11-15-12-21-18(14-7-3-2-4-8-14)16-9-5-6-10-17(16)19(15)22-13;;/h2-11H,12H2,1H3;2*1H. The predicted molar refractivity (Wildman–Crippen MR) is 102 cm³/mol. The van der Waals surface area contributed by atoms with Gasteiger partial charge in [0.15, 0.2) is 0 Å². The van der Waals surface area contributed by atoms with Gasteiger partial charge in [-0.1, -0.05) is 54.6 Å². The number of rotatable bonds is 1. The van der Waals surface area contributed by atoms with Gasteiger partial charge in [0.25, 0.3) is 0 Å². The van der Waals surface area contributed by atoms with Crippen LogP contribution in [0.4, 0.5) is 0 Å². The molecule has 0 aliphatic carbocycles. The van der Waals surface area contributed by atoms with Gasteiger partial charge in [0.05, 0.1) is 18.0 Å². The minimum Gasteiger partial charge on any atom is -0.279 e. The summed E-state index contributed by atoms with van der Waals surface area (Å²) < 4.78 is 0. The Labute approximate surface area is 153 Å². The van der Waals surface area contributed by atoms with Crippen LogP contribution < -0.4 is 0 Å². The van der Waals surface area contributed by atoms with Gasteiger partial charge in [-0.05, 0) is 6.92 Å². The fraction of sp³-hybridized carbons (Fsp3) is 0.105. The summed E-state index contributed by atoms with van der Waals surface area (Å²) in [5, 5.41) is 0. The molecule has 0 saturated carbocycles. The van der Waals surface area contributed by atoms with Crippen molar-refractivity contribution in [3.05, 3.63) is 83.3 Å². The van der Waals surface area contributed by atoms with E-state index in [1.54, 1.807) is 0 Å². The molecule has 1 aliphatic rings. The van der Waals surface area contributed by atoms with E-state index in [0.717, 1.165) is 39.5 Å². The van der Waals surface area contributed by atoms with Crippen molar-refractivity contribution in [2.45, 2.75) is 13.5 Å². The predicted octanol–water partition coefficient (Wildman–Crippen LogP) is 4.65. The number of halogens is 2. The van der Waals surface area contributed by atoms with Crippen molar-refractivity contribution in [3.8, 4) is 11.3 Å². The molecule has 1 aromatic heterocycles. The Morgan fingerprint density at radius 1 is 0.833 bits per heavy atom. The summed E-state index contributed by atoms with van der Waals surface area (Å²) in [5.74, 6) is 0.789. The average molecular weight is 358 g/mol. The number of hydrogen-bond acceptors (Lipinski definition) is 3. The quantitative estimate of drug-likeness (QED) is 0.635. The molecular formula is C19H17Cl2N3. The van der Waals surface area contributed by atoms with E-state index in [9.17, 15) is 0 Å². The summed E-state index contributed by atoms with van der Waals surface area (Å²) in [7, 11) is 0. The van der Waals surface area contributed by atoms with Gasteiger partial charge >= 0.3 is 0 Å². The first-order chi connectivity index (χ1) is 10.8. The van der Waals surface area contributed by atoms with Gasteiger partial charge in [-0.25, -0.2) is 9.97 Å². The van der Waals surface area contributed by atoms with Gasteiger partial charge < -0.3 is 0 Å². The van der Waals surface area contributed by atoms with Crippen LogP contribution in [-0.2, 0) is 6.54 Å². The lowest BCUT2D eigenvalue weighted by Gasteiger charge is -2.10. The molecule has 0 radical (unpaired) electrons. The van der Waals surface area contributed by atoms with Crippen LogP contribution >= 0.6 is 24.8 Å². The first-order valence-corrected chi connectivity index (χ1v) is 7.35. The van der Waals surface area contributed by atoms with E-state index in [0.29, 0.717) is 6.54 Å². The fourth-order valence-electron chi connectivity index (χ4n) is 2.83. The van der Waals surface area contributed by atoms with Crippen molar-refractivity contribution in [2.24, 2.45) is 4.99 Å². The molecule has 0 bridgehead atoms. The highest BCUT2D eigenvalue weighted by Crippen LogP contribution is 2.30. The van der Waals surface area contributed by atoms with Crippen LogP contribution in [0.3, 0.4) is 0 Å². The topological polar surface area (TPSA) is 38.1 Å². The maximum absolute atomic E-state index is 4.84. The second-order valence-corrected chi connectivity index (χ2v) is 5.37. The summed E-state index contributed by atoms with van der Waals surface area (Å²) in [5.41, 5.74) is 6.48. The van der Waals surface area contributed by atoms with Crippen molar-refractivity contribution in [2.75, 3.05) is 0 Å². The zero-order valence-corrected chi connectivity index (χ0v) is 14.8. The van der Waals surface area contributed by atoms with Gasteiger partial charge in [0, 0.05) is 28.5 Å². The van der Waals surface area contributed by atoms with Crippen molar-refractivity contribution < 1.29 is 0 Å². The largest absolute Gasteiger partial charge is 0.279 e. The lowest BCUT2D eigenvalue weighted by Crippen LogP contribution is -2.04. The normalized spacial score (nSPS) is 11.8. The van der Waals surface area contributed by atoms with Crippen molar-refractivity contribution in [1.82, 2.24) is 9.97 Å². The van der Waals surface area contributed by atoms with E-state index >= 15 is 0 Å². The Balaban J connectivity index is 0.00000104. The Hall–Kier alpha value is -2.23. The Morgan fingerprint density at radius 3 is 2.25 bits per heavy atom. The lowest BCUT2D eigenvalue weighted by molar-refractivity contribution is 0.981. The minimum atomic E-state index is 0. The molecule has 0 atom stereocenters. The molecule has 0 fully saturated rings. The smallest absolute Gasteiger partial charge is 0.125 e. The van der Waals surface area contributed by atoms with E-state index < -0.39 is 0 Å². The van der Waals surface area contributed by atoms with Crippen molar-refractivity contribution >= 4 is 30.5 Å².